The molecule has 0 bridgehead atoms. The van der Waals surface area contributed by atoms with Gasteiger partial charge in [0.15, 0.2) is 5.96 Å². The van der Waals surface area contributed by atoms with Gasteiger partial charge in [0.05, 0.1) is 6.61 Å². The van der Waals surface area contributed by atoms with Crippen molar-refractivity contribution in [1.82, 2.24) is 10.6 Å². The number of hydrogen-bond donors (Lipinski definition) is 3. The molecular weight excluding hydrogens is 314 g/mol. The zero-order valence-electron chi connectivity index (χ0n) is 15.8. The van der Waals surface area contributed by atoms with Crippen LogP contribution in [-0.4, -0.2) is 51.0 Å². The predicted octanol–water partition coefficient (Wildman–Crippen LogP) is 2.21. The van der Waals surface area contributed by atoms with Crippen LogP contribution in [0.15, 0.2) is 35.3 Å². The normalized spacial score (nSPS) is 21.4. The fourth-order valence-electron chi connectivity index (χ4n) is 3.34. The van der Waals surface area contributed by atoms with Gasteiger partial charge >= 0.3 is 0 Å². The van der Waals surface area contributed by atoms with E-state index in [4.69, 9.17) is 4.74 Å². The van der Waals surface area contributed by atoms with Gasteiger partial charge in [0.1, 0.15) is 0 Å². The van der Waals surface area contributed by atoms with Crippen LogP contribution in [-0.2, 0) is 11.2 Å². The van der Waals surface area contributed by atoms with E-state index in [0.29, 0.717) is 6.61 Å². The van der Waals surface area contributed by atoms with Crippen LogP contribution < -0.4 is 10.6 Å². The van der Waals surface area contributed by atoms with Gasteiger partial charge in [-0.3, -0.25) is 4.99 Å². The molecule has 1 unspecified atom stereocenters. The average Bonchev–Trinajstić information content (AvgIpc) is 3.04. The summed E-state index contributed by atoms with van der Waals surface area (Å²) < 4.78 is 5.55. The van der Waals surface area contributed by atoms with Crippen molar-refractivity contribution in [3.8, 4) is 0 Å². The molecular formula is C20H33N3O2. The topological polar surface area (TPSA) is 65.9 Å². The highest BCUT2D eigenvalue weighted by atomic mass is 16.5. The van der Waals surface area contributed by atoms with E-state index in [1.165, 1.54) is 5.56 Å². The molecule has 1 aromatic carbocycles. The van der Waals surface area contributed by atoms with Crippen LogP contribution in [0.4, 0.5) is 0 Å². The monoisotopic (exact) mass is 347 g/mol. The summed E-state index contributed by atoms with van der Waals surface area (Å²) in [6, 6.07) is 10.6. The Morgan fingerprint density at radius 3 is 2.64 bits per heavy atom. The number of guanidine groups is 1. The summed E-state index contributed by atoms with van der Waals surface area (Å²) in [5.41, 5.74) is 1.49. The van der Waals surface area contributed by atoms with E-state index < -0.39 is 0 Å². The standard InChI is InChI=1S/C20H33N3O2/c1-19(2,13-17-7-5-4-6-8-17)14-22-18(21-3)23-15-20(9-11-24)10-12-25-16-20/h4-8,24H,9-16H2,1-3H3,(H2,21,22,23). The highest BCUT2D eigenvalue weighted by molar-refractivity contribution is 5.79. The van der Waals surface area contributed by atoms with Crippen molar-refractivity contribution in [3.63, 3.8) is 0 Å². The molecule has 0 spiro atoms. The van der Waals surface area contributed by atoms with Gasteiger partial charge in [0.25, 0.3) is 0 Å². The van der Waals surface area contributed by atoms with E-state index in [1.54, 1.807) is 7.05 Å². The molecule has 0 radical (unpaired) electrons. The van der Waals surface area contributed by atoms with E-state index in [0.717, 1.165) is 44.9 Å². The van der Waals surface area contributed by atoms with Crippen LogP contribution in [0.2, 0.25) is 0 Å². The lowest BCUT2D eigenvalue weighted by molar-refractivity contribution is 0.127. The zero-order valence-corrected chi connectivity index (χ0v) is 15.8. The van der Waals surface area contributed by atoms with Gasteiger partial charge in [-0.2, -0.15) is 0 Å². The van der Waals surface area contributed by atoms with E-state index in [1.807, 2.05) is 0 Å². The maximum absolute atomic E-state index is 9.34. The van der Waals surface area contributed by atoms with Crippen LogP contribution in [0.3, 0.4) is 0 Å². The Morgan fingerprint density at radius 1 is 1.28 bits per heavy atom. The van der Waals surface area contributed by atoms with Crippen molar-refractivity contribution in [3.05, 3.63) is 35.9 Å². The second kappa shape index (κ2) is 9.20. The van der Waals surface area contributed by atoms with Gasteiger partial charge in [0, 0.05) is 38.8 Å². The number of aliphatic imine (C=N–C) groups is 1. The number of ether oxygens (including phenoxy) is 1. The Hall–Kier alpha value is -1.59. The van der Waals surface area contributed by atoms with Crippen molar-refractivity contribution in [2.45, 2.75) is 33.1 Å². The summed E-state index contributed by atoms with van der Waals surface area (Å²) in [7, 11) is 1.80. The van der Waals surface area contributed by atoms with Gasteiger partial charge in [0.2, 0.25) is 0 Å². The molecule has 1 aliphatic rings. The Bertz CT molecular complexity index is 537. The Kier molecular flexibility index (Phi) is 7.26. The highest BCUT2D eigenvalue weighted by Crippen LogP contribution is 2.31. The molecule has 2 rings (SSSR count). The van der Waals surface area contributed by atoms with Gasteiger partial charge in [-0.05, 0) is 30.2 Å². The molecule has 1 aliphatic heterocycles. The van der Waals surface area contributed by atoms with Crippen LogP contribution in [0.1, 0.15) is 32.3 Å². The van der Waals surface area contributed by atoms with Crippen molar-refractivity contribution in [2.75, 3.05) is 40.0 Å². The van der Waals surface area contributed by atoms with Crippen molar-refractivity contribution in [1.29, 1.82) is 0 Å². The Morgan fingerprint density at radius 2 is 2.04 bits per heavy atom. The maximum Gasteiger partial charge on any atom is 0.191 e. The van der Waals surface area contributed by atoms with Crippen molar-refractivity contribution >= 4 is 5.96 Å². The minimum absolute atomic E-state index is 0.0198. The second-order valence-corrected chi connectivity index (χ2v) is 7.88. The van der Waals surface area contributed by atoms with E-state index in [9.17, 15) is 5.11 Å². The van der Waals surface area contributed by atoms with Crippen LogP contribution in [0, 0.1) is 10.8 Å². The molecule has 1 aromatic rings. The molecule has 3 N–H and O–H groups in total. The SMILES string of the molecule is CN=C(NCC(C)(C)Cc1ccccc1)NCC1(CCO)CCOC1. The van der Waals surface area contributed by atoms with Crippen LogP contribution in [0.25, 0.3) is 0 Å². The first-order chi connectivity index (χ1) is 12.0. The highest BCUT2D eigenvalue weighted by Gasteiger charge is 2.34. The largest absolute Gasteiger partial charge is 0.396 e. The van der Waals surface area contributed by atoms with E-state index in [-0.39, 0.29) is 17.4 Å². The van der Waals surface area contributed by atoms with Gasteiger partial charge in [-0.15, -0.1) is 0 Å². The first kappa shape index (κ1) is 19.7. The van der Waals surface area contributed by atoms with Crippen LogP contribution >= 0.6 is 0 Å². The molecule has 0 saturated carbocycles. The quantitative estimate of drug-likeness (QED) is 0.498. The fourth-order valence-corrected chi connectivity index (χ4v) is 3.34. The summed E-state index contributed by atoms with van der Waals surface area (Å²) in [5, 5.41) is 16.2. The maximum atomic E-state index is 9.34. The van der Waals surface area contributed by atoms with E-state index >= 15 is 0 Å². The minimum Gasteiger partial charge on any atom is -0.396 e. The molecule has 0 amide bonds. The lowest BCUT2D eigenvalue weighted by atomic mass is 9.84. The minimum atomic E-state index is 0.0198. The number of benzene rings is 1. The van der Waals surface area contributed by atoms with Gasteiger partial charge < -0.3 is 20.5 Å². The smallest absolute Gasteiger partial charge is 0.191 e. The summed E-state index contributed by atoms with van der Waals surface area (Å²) in [5.74, 6) is 0.811. The third-order valence-electron chi connectivity index (χ3n) is 4.94. The van der Waals surface area contributed by atoms with Crippen molar-refractivity contribution < 1.29 is 9.84 Å². The molecule has 25 heavy (non-hydrogen) atoms. The van der Waals surface area contributed by atoms with E-state index in [2.05, 4.69) is 59.8 Å². The number of aliphatic hydroxyl groups excluding tert-OH is 1. The number of rotatable bonds is 8. The third-order valence-corrected chi connectivity index (χ3v) is 4.94. The Labute approximate surface area is 151 Å². The third kappa shape index (κ3) is 6.33. The zero-order chi connectivity index (χ0) is 18.2. The number of nitrogens with one attached hydrogen (secondary N) is 2. The molecule has 140 valence electrons. The van der Waals surface area contributed by atoms with Crippen molar-refractivity contribution in [2.24, 2.45) is 15.8 Å². The summed E-state index contributed by atoms with van der Waals surface area (Å²) >= 11 is 0. The number of hydrogen-bond acceptors (Lipinski definition) is 3. The number of nitrogens with zero attached hydrogens (tertiary/aromatic N) is 1. The molecule has 0 aromatic heterocycles. The first-order valence-corrected chi connectivity index (χ1v) is 9.16. The molecule has 5 nitrogen and oxygen atoms in total. The molecule has 1 atom stereocenters. The molecule has 5 heteroatoms. The Balaban J connectivity index is 1.83. The van der Waals surface area contributed by atoms with Gasteiger partial charge in [-0.1, -0.05) is 44.2 Å². The fraction of sp³-hybridized carbons (Fsp3) is 0.650. The second-order valence-electron chi connectivity index (χ2n) is 7.88. The first-order valence-electron chi connectivity index (χ1n) is 9.16. The molecule has 1 heterocycles. The summed E-state index contributed by atoms with van der Waals surface area (Å²) in [6.45, 7) is 7.81. The predicted molar refractivity (Wildman–Crippen MR) is 103 cm³/mol. The molecule has 1 saturated heterocycles. The summed E-state index contributed by atoms with van der Waals surface area (Å²) in [4.78, 5) is 4.34. The lowest BCUT2D eigenvalue weighted by Crippen LogP contribution is -2.47. The summed E-state index contributed by atoms with van der Waals surface area (Å²) in [6.07, 6.45) is 2.76. The average molecular weight is 348 g/mol. The van der Waals surface area contributed by atoms with Crippen LogP contribution in [0.5, 0.6) is 0 Å². The molecule has 0 aliphatic carbocycles. The lowest BCUT2D eigenvalue weighted by Gasteiger charge is -2.29. The molecule has 1 fully saturated rings. The van der Waals surface area contributed by atoms with Gasteiger partial charge in [-0.25, -0.2) is 0 Å². The number of aliphatic hydroxyl groups is 1.